The number of amides is 1. The second kappa shape index (κ2) is 6.80. The fourth-order valence-corrected chi connectivity index (χ4v) is 0.606. The first-order valence-electron chi connectivity index (χ1n) is 3.48. The highest BCUT2D eigenvalue weighted by atomic mass is 16.5. The van der Waals surface area contributed by atoms with E-state index in [1.165, 1.54) is 7.11 Å². The van der Waals surface area contributed by atoms with Gasteiger partial charge in [0.1, 0.15) is 0 Å². The van der Waals surface area contributed by atoms with E-state index in [4.69, 9.17) is 11.7 Å². The van der Waals surface area contributed by atoms with Crippen molar-refractivity contribution < 1.29 is 9.53 Å². The van der Waals surface area contributed by atoms with Crippen molar-refractivity contribution in [2.45, 2.75) is 12.6 Å². The molecule has 12 heavy (non-hydrogen) atoms. The lowest BCUT2D eigenvalue weighted by molar-refractivity contribution is 0.170. The maximum Gasteiger partial charge on any atom is 0.406 e. The van der Waals surface area contributed by atoms with Gasteiger partial charge >= 0.3 is 6.09 Å². The Morgan fingerprint density at radius 1 is 1.50 bits per heavy atom. The number of carbonyl (C=O) groups excluding carboxylic acids is 1. The van der Waals surface area contributed by atoms with Crippen LogP contribution in [0.2, 0.25) is 0 Å². The summed E-state index contributed by atoms with van der Waals surface area (Å²) in [6.45, 7) is 0.436. The maximum atomic E-state index is 10.5. The van der Waals surface area contributed by atoms with Crippen LogP contribution in [0.15, 0.2) is 0 Å². The standard InChI is InChI=1S/C5H15N5O2/c1-12-5(11)8-3-2-4(9-6)10-7/h4,9-10H,2-3,6-7H2,1H3,(H,8,11). The van der Waals surface area contributed by atoms with Gasteiger partial charge in [0.15, 0.2) is 0 Å². The van der Waals surface area contributed by atoms with Crippen LogP contribution in [0, 0.1) is 0 Å². The van der Waals surface area contributed by atoms with Crippen LogP contribution in [0.5, 0.6) is 0 Å². The van der Waals surface area contributed by atoms with Crippen LogP contribution in [0.3, 0.4) is 0 Å². The normalized spacial score (nSPS) is 10.0. The maximum absolute atomic E-state index is 10.5. The molecule has 0 aromatic carbocycles. The van der Waals surface area contributed by atoms with Gasteiger partial charge in [-0.3, -0.25) is 11.7 Å². The second-order valence-corrected chi connectivity index (χ2v) is 2.09. The number of hydrazine groups is 2. The first kappa shape index (κ1) is 11.1. The van der Waals surface area contributed by atoms with Crippen LogP contribution < -0.4 is 27.9 Å². The Labute approximate surface area is 70.7 Å². The van der Waals surface area contributed by atoms with Crippen LogP contribution in [-0.4, -0.2) is 25.9 Å². The summed E-state index contributed by atoms with van der Waals surface area (Å²) in [5, 5.41) is 2.48. The number of rotatable bonds is 5. The first-order chi connectivity index (χ1) is 5.74. The van der Waals surface area contributed by atoms with Gasteiger partial charge in [-0.25, -0.2) is 15.6 Å². The molecule has 0 radical (unpaired) electrons. The average Bonchev–Trinajstić information content (AvgIpc) is 2.12. The van der Waals surface area contributed by atoms with Gasteiger partial charge in [0.25, 0.3) is 0 Å². The number of nitrogens with two attached hydrogens (primary N) is 2. The predicted molar refractivity (Wildman–Crippen MR) is 43.5 cm³/mol. The topological polar surface area (TPSA) is 114 Å². The largest absolute Gasteiger partial charge is 0.453 e. The molecule has 0 aliphatic carbocycles. The van der Waals surface area contributed by atoms with Gasteiger partial charge in [0.05, 0.1) is 13.3 Å². The molecule has 0 aliphatic heterocycles. The molecular formula is C5H15N5O2. The van der Waals surface area contributed by atoms with Crippen molar-refractivity contribution in [3.8, 4) is 0 Å². The van der Waals surface area contributed by atoms with Crippen molar-refractivity contribution >= 4 is 6.09 Å². The minimum atomic E-state index is -0.470. The van der Waals surface area contributed by atoms with Gasteiger partial charge in [0, 0.05) is 6.54 Å². The van der Waals surface area contributed by atoms with Crippen molar-refractivity contribution in [1.82, 2.24) is 16.2 Å². The van der Waals surface area contributed by atoms with Gasteiger partial charge in [0.2, 0.25) is 0 Å². The molecule has 7 N–H and O–H groups in total. The van der Waals surface area contributed by atoms with E-state index >= 15 is 0 Å². The molecule has 0 saturated carbocycles. The highest BCUT2D eigenvalue weighted by molar-refractivity contribution is 5.66. The lowest BCUT2D eigenvalue weighted by Crippen LogP contribution is -2.50. The molecule has 7 heteroatoms. The minimum Gasteiger partial charge on any atom is -0.453 e. The lowest BCUT2D eigenvalue weighted by atomic mass is 10.3. The Morgan fingerprint density at radius 3 is 2.50 bits per heavy atom. The highest BCUT2D eigenvalue weighted by Crippen LogP contribution is 1.81. The molecule has 0 aliphatic rings. The molecule has 0 aromatic heterocycles. The molecule has 0 rings (SSSR count). The Kier molecular flexibility index (Phi) is 6.29. The number of carbonyl (C=O) groups is 1. The van der Waals surface area contributed by atoms with Crippen LogP contribution in [0.4, 0.5) is 4.79 Å². The summed E-state index contributed by atoms with van der Waals surface area (Å²) in [7, 11) is 1.30. The Morgan fingerprint density at radius 2 is 2.08 bits per heavy atom. The highest BCUT2D eigenvalue weighted by Gasteiger charge is 2.03. The summed E-state index contributed by atoms with van der Waals surface area (Å²) in [5.41, 5.74) is 4.83. The van der Waals surface area contributed by atoms with E-state index in [2.05, 4.69) is 20.9 Å². The zero-order valence-electron chi connectivity index (χ0n) is 6.96. The molecule has 1 amide bonds. The second-order valence-electron chi connectivity index (χ2n) is 2.09. The van der Waals surface area contributed by atoms with Crippen LogP contribution >= 0.6 is 0 Å². The van der Waals surface area contributed by atoms with Crippen LogP contribution in [0.1, 0.15) is 6.42 Å². The third kappa shape index (κ3) is 4.85. The summed E-state index contributed by atoms with van der Waals surface area (Å²) in [6.07, 6.45) is -0.118. The summed E-state index contributed by atoms with van der Waals surface area (Å²) >= 11 is 0. The predicted octanol–water partition coefficient (Wildman–Crippen LogP) is -2.01. The SMILES string of the molecule is COC(=O)NCCC(NN)NN. The summed E-state index contributed by atoms with van der Waals surface area (Å²) in [5.74, 6) is 10.2. The van der Waals surface area contributed by atoms with E-state index in [0.717, 1.165) is 0 Å². The van der Waals surface area contributed by atoms with Crippen molar-refractivity contribution in [2.24, 2.45) is 11.7 Å². The molecule has 0 spiro atoms. The lowest BCUT2D eigenvalue weighted by Gasteiger charge is -2.13. The van der Waals surface area contributed by atoms with Crippen molar-refractivity contribution in [1.29, 1.82) is 0 Å². The number of methoxy groups -OCH3 is 1. The zero-order valence-corrected chi connectivity index (χ0v) is 6.96. The molecule has 0 unspecified atom stereocenters. The number of ether oxygens (including phenoxy) is 1. The van der Waals surface area contributed by atoms with Gasteiger partial charge < -0.3 is 10.1 Å². The number of hydrogen-bond acceptors (Lipinski definition) is 6. The zero-order chi connectivity index (χ0) is 9.40. The van der Waals surface area contributed by atoms with Crippen LogP contribution in [0.25, 0.3) is 0 Å². The van der Waals surface area contributed by atoms with E-state index in [1.54, 1.807) is 0 Å². The Bertz CT molecular complexity index is 127. The van der Waals surface area contributed by atoms with Gasteiger partial charge in [-0.05, 0) is 6.42 Å². The molecule has 0 heterocycles. The summed E-state index contributed by atoms with van der Waals surface area (Å²) in [4.78, 5) is 10.5. The van der Waals surface area contributed by atoms with E-state index in [0.29, 0.717) is 13.0 Å². The van der Waals surface area contributed by atoms with Gasteiger partial charge in [-0.2, -0.15) is 0 Å². The van der Waals surface area contributed by atoms with Crippen molar-refractivity contribution in [2.75, 3.05) is 13.7 Å². The summed E-state index contributed by atoms with van der Waals surface area (Å²) < 4.78 is 4.35. The first-order valence-corrected chi connectivity index (χ1v) is 3.48. The van der Waals surface area contributed by atoms with E-state index in [1.807, 2.05) is 0 Å². The van der Waals surface area contributed by atoms with E-state index in [9.17, 15) is 4.79 Å². The van der Waals surface area contributed by atoms with Gasteiger partial charge in [-0.15, -0.1) is 0 Å². The molecule has 0 aromatic rings. The minimum absolute atomic E-state index is 0.220. The van der Waals surface area contributed by atoms with Crippen LogP contribution in [-0.2, 0) is 4.74 Å². The quantitative estimate of drug-likeness (QED) is 0.188. The molecule has 7 nitrogen and oxygen atoms in total. The molecule has 72 valence electrons. The fraction of sp³-hybridized carbons (Fsp3) is 0.800. The Hall–Kier alpha value is -0.890. The van der Waals surface area contributed by atoms with E-state index in [-0.39, 0.29) is 6.17 Å². The summed E-state index contributed by atoms with van der Waals surface area (Å²) in [6, 6.07) is 0. The van der Waals surface area contributed by atoms with E-state index < -0.39 is 6.09 Å². The number of nitrogens with one attached hydrogen (secondary N) is 3. The molecule has 0 atom stereocenters. The number of alkyl carbamates (subject to hydrolysis) is 1. The molecular weight excluding hydrogens is 162 g/mol. The number of hydrogen-bond donors (Lipinski definition) is 5. The van der Waals surface area contributed by atoms with Gasteiger partial charge in [-0.1, -0.05) is 0 Å². The third-order valence-corrected chi connectivity index (χ3v) is 1.29. The van der Waals surface area contributed by atoms with Crippen molar-refractivity contribution in [3.05, 3.63) is 0 Å². The molecule has 0 saturated heterocycles. The monoisotopic (exact) mass is 177 g/mol. The third-order valence-electron chi connectivity index (χ3n) is 1.29. The molecule has 0 bridgehead atoms. The fourth-order valence-electron chi connectivity index (χ4n) is 0.606. The average molecular weight is 177 g/mol. The smallest absolute Gasteiger partial charge is 0.406 e. The Balaban J connectivity index is 3.34. The van der Waals surface area contributed by atoms with Crippen molar-refractivity contribution in [3.63, 3.8) is 0 Å². The molecule has 0 fully saturated rings.